The molecule has 0 aliphatic carbocycles. The molecule has 3 aromatic rings. The van der Waals surface area contributed by atoms with Gasteiger partial charge in [0.15, 0.2) is 5.75 Å². The van der Waals surface area contributed by atoms with Gasteiger partial charge >= 0.3 is 0 Å². The molecule has 1 amide bonds. The van der Waals surface area contributed by atoms with E-state index in [2.05, 4.69) is 6.58 Å². The maximum absolute atomic E-state index is 15.8. The zero-order chi connectivity index (χ0) is 28.2. The molecular formula is C26H18B3ClF2N4O2S. The van der Waals surface area contributed by atoms with Gasteiger partial charge in [0.1, 0.15) is 30.6 Å². The molecule has 190 valence electrons. The van der Waals surface area contributed by atoms with Crippen LogP contribution in [0, 0.1) is 23.0 Å². The molecule has 2 aromatic carbocycles. The highest BCUT2D eigenvalue weighted by Crippen LogP contribution is 2.47. The molecule has 0 unspecified atom stereocenters. The topological polar surface area (TPSA) is 82.6 Å². The second kappa shape index (κ2) is 10.3. The van der Waals surface area contributed by atoms with E-state index in [1.165, 1.54) is 6.07 Å². The molecule has 0 saturated carbocycles. The number of halogens is 3. The number of rotatable bonds is 3. The number of piperazine rings is 1. The van der Waals surface area contributed by atoms with E-state index in [0.717, 1.165) is 23.5 Å². The van der Waals surface area contributed by atoms with Crippen LogP contribution < -0.4 is 10.5 Å². The van der Waals surface area contributed by atoms with Gasteiger partial charge in [-0.2, -0.15) is 10.6 Å². The summed E-state index contributed by atoms with van der Waals surface area (Å²) in [5.74, 6) is -1.85. The lowest BCUT2D eigenvalue weighted by molar-refractivity contribution is 0.0439. The number of fused-ring (bicyclic) bond motifs is 3. The van der Waals surface area contributed by atoms with Crippen molar-refractivity contribution in [3.8, 4) is 22.9 Å². The van der Waals surface area contributed by atoms with Crippen LogP contribution in [0.2, 0.25) is 5.02 Å². The summed E-state index contributed by atoms with van der Waals surface area (Å²) in [5, 5.41) is 9.71. The second-order valence-corrected chi connectivity index (χ2v) is 10.7. The lowest BCUT2D eigenvalue weighted by atomic mass is 9.68. The summed E-state index contributed by atoms with van der Waals surface area (Å²) in [6.07, 6.45) is 0.445. The van der Waals surface area contributed by atoms with Crippen molar-refractivity contribution in [2.75, 3.05) is 32.0 Å². The molecule has 3 heterocycles. The number of anilines is 1. The Morgan fingerprint density at radius 3 is 2.67 bits per heavy atom. The zero-order valence-electron chi connectivity index (χ0n) is 20.6. The van der Waals surface area contributed by atoms with Crippen molar-refractivity contribution < 1.29 is 18.3 Å². The third-order valence-corrected chi connectivity index (χ3v) is 8.44. The van der Waals surface area contributed by atoms with Crippen molar-refractivity contribution >= 4 is 67.5 Å². The van der Waals surface area contributed by atoms with Gasteiger partial charge in [0, 0.05) is 42.7 Å². The van der Waals surface area contributed by atoms with Crippen LogP contribution in [0.1, 0.15) is 22.3 Å². The molecule has 6 nitrogen and oxygen atoms in total. The van der Waals surface area contributed by atoms with Gasteiger partial charge < -0.3 is 20.3 Å². The van der Waals surface area contributed by atoms with Crippen LogP contribution in [0.4, 0.5) is 13.8 Å². The molecule has 13 heteroatoms. The predicted molar refractivity (Wildman–Crippen MR) is 151 cm³/mol. The Bertz CT molecular complexity index is 1630. The fourth-order valence-corrected chi connectivity index (χ4v) is 6.36. The molecular weight excluding hydrogens is 538 g/mol. The van der Waals surface area contributed by atoms with Gasteiger partial charge in [-0.1, -0.05) is 29.7 Å². The first kappa shape index (κ1) is 27.2. The molecule has 5 rings (SSSR count). The maximum Gasteiger partial charge on any atom is 0.258 e. The zero-order valence-corrected chi connectivity index (χ0v) is 22.1. The van der Waals surface area contributed by atoms with Crippen molar-refractivity contribution in [2.24, 2.45) is 0 Å². The number of carbonyl (C=O) groups is 1. The fourth-order valence-electron chi connectivity index (χ4n) is 5.06. The van der Waals surface area contributed by atoms with Crippen LogP contribution >= 0.6 is 22.9 Å². The predicted octanol–water partition coefficient (Wildman–Crippen LogP) is 4.05. The summed E-state index contributed by atoms with van der Waals surface area (Å²) in [6.45, 7) is 5.25. The Kier molecular flexibility index (Phi) is 7.16. The molecule has 1 saturated heterocycles. The van der Waals surface area contributed by atoms with Crippen molar-refractivity contribution in [3.63, 3.8) is 0 Å². The first-order valence-electron chi connectivity index (χ1n) is 11.9. The van der Waals surface area contributed by atoms with Crippen LogP contribution in [0.15, 0.2) is 41.3 Å². The maximum atomic E-state index is 15.8. The number of nitrogen functional groups attached to an aromatic ring is 1. The van der Waals surface area contributed by atoms with E-state index < -0.39 is 17.5 Å². The molecule has 39 heavy (non-hydrogen) atoms. The van der Waals surface area contributed by atoms with Gasteiger partial charge in [-0.05, 0) is 17.7 Å². The van der Waals surface area contributed by atoms with Crippen molar-refractivity contribution in [2.45, 2.75) is 12.5 Å². The van der Waals surface area contributed by atoms with Crippen LogP contribution in [0.25, 0.3) is 21.2 Å². The quantitative estimate of drug-likeness (QED) is 0.389. The Balaban J connectivity index is 1.56. The SMILES string of the molecule is [B]C([B])=C([B])C(=C)N1CCN2C(=O)c3cc(F)c(-c4ccc(F)c5sc(N)c(C#N)c45)c(Cl)c3OCC[C@H]2C1. The molecule has 1 atom stereocenters. The van der Waals surface area contributed by atoms with Crippen LogP contribution in [-0.2, 0) is 0 Å². The third-order valence-electron chi connectivity index (χ3n) is 7.05. The van der Waals surface area contributed by atoms with Crippen molar-refractivity contribution in [1.29, 1.82) is 5.26 Å². The van der Waals surface area contributed by atoms with Gasteiger partial charge in [0.05, 0.1) is 49.2 Å². The summed E-state index contributed by atoms with van der Waals surface area (Å²) >= 11 is 7.59. The number of nitrogens with zero attached hydrogens (tertiary/aromatic N) is 3. The number of nitrogens with two attached hydrogens (primary N) is 1. The number of nitriles is 1. The molecule has 2 aliphatic heterocycles. The number of carbonyl (C=O) groups excluding carboxylic acids is 1. The smallest absolute Gasteiger partial charge is 0.258 e. The molecule has 0 spiro atoms. The van der Waals surface area contributed by atoms with E-state index in [1.807, 2.05) is 11.0 Å². The lowest BCUT2D eigenvalue weighted by Crippen LogP contribution is -2.55. The average molecular weight is 556 g/mol. The number of hydrogen-bond donors (Lipinski definition) is 1. The summed E-state index contributed by atoms with van der Waals surface area (Å²) in [5.41, 5.74) is 6.63. The van der Waals surface area contributed by atoms with E-state index in [-0.39, 0.29) is 71.6 Å². The number of hydrogen-bond acceptors (Lipinski definition) is 6. The first-order valence-corrected chi connectivity index (χ1v) is 13.1. The minimum atomic E-state index is -0.822. The highest BCUT2D eigenvalue weighted by atomic mass is 35.5. The molecule has 6 radical (unpaired) electrons. The lowest BCUT2D eigenvalue weighted by Gasteiger charge is -2.44. The van der Waals surface area contributed by atoms with E-state index in [9.17, 15) is 14.4 Å². The molecule has 0 bridgehead atoms. The van der Waals surface area contributed by atoms with Gasteiger partial charge in [-0.3, -0.25) is 4.79 Å². The third kappa shape index (κ3) is 4.48. The molecule has 2 aliphatic rings. The summed E-state index contributed by atoms with van der Waals surface area (Å²) in [4.78, 5) is 17.2. The number of amides is 1. The minimum Gasteiger partial charge on any atom is -0.491 e. The number of allylic oxidation sites excluding steroid dienone is 1. The Labute approximate surface area is 236 Å². The molecule has 1 aromatic heterocycles. The van der Waals surface area contributed by atoms with Crippen LogP contribution in [0.3, 0.4) is 0 Å². The van der Waals surface area contributed by atoms with Crippen LogP contribution in [-0.4, -0.2) is 71.5 Å². The Morgan fingerprint density at radius 1 is 1.23 bits per heavy atom. The van der Waals surface area contributed by atoms with Crippen molar-refractivity contribution in [1.82, 2.24) is 9.80 Å². The van der Waals surface area contributed by atoms with Gasteiger partial charge in [0.2, 0.25) is 0 Å². The number of benzene rings is 2. The number of thiophene rings is 1. The van der Waals surface area contributed by atoms with E-state index >= 15 is 4.39 Å². The highest BCUT2D eigenvalue weighted by molar-refractivity contribution is 7.23. The Morgan fingerprint density at radius 2 is 1.97 bits per heavy atom. The monoisotopic (exact) mass is 556 g/mol. The summed E-state index contributed by atoms with van der Waals surface area (Å²) in [7, 11) is 17.2. The number of ether oxygens (including phenoxy) is 1. The summed E-state index contributed by atoms with van der Waals surface area (Å²) < 4.78 is 36.4. The fraction of sp³-hybridized carbons (Fsp3) is 0.231. The van der Waals surface area contributed by atoms with Gasteiger partial charge in [-0.15, -0.1) is 11.3 Å². The summed E-state index contributed by atoms with van der Waals surface area (Å²) in [6, 6.07) is 5.24. The molecule has 2 N–H and O–H groups in total. The second-order valence-electron chi connectivity index (χ2n) is 9.23. The van der Waals surface area contributed by atoms with E-state index in [1.54, 1.807) is 4.90 Å². The van der Waals surface area contributed by atoms with Crippen molar-refractivity contribution in [3.05, 3.63) is 69.1 Å². The largest absolute Gasteiger partial charge is 0.491 e. The highest BCUT2D eigenvalue weighted by Gasteiger charge is 2.36. The van der Waals surface area contributed by atoms with E-state index in [4.69, 9.17) is 45.6 Å². The van der Waals surface area contributed by atoms with E-state index in [0.29, 0.717) is 31.8 Å². The van der Waals surface area contributed by atoms with Crippen LogP contribution in [0.5, 0.6) is 5.75 Å². The van der Waals surface area contributed by atoms with Gasteiger partial charge in [-0.25, -0.2) is 8.78 Å². The Hall–Kier alpha value is -3.42. The normalized spacial score (nSPS) is 17.0. The first-order chi connectivity index (χ1) is 18.5. The average Bonchev–Trinajstić information content (AvgIpc) is 3.25. The van der Waals surface area contributed by atoms with Gasteiger partial charge in [0.25, 0.3) is 5.91 Å². The standard InChI is InChI=1S/C26H18B3ClF2N4O2S/c1-11(20(27)24(28)29)35-5-6-36-12(10-35)4-7-38-22-14(26(36)37)8-17(32)19(21(22)30)13-2-3-16(31)23-18(13)15(9-33)25(34)39-23/h2-3,8,12H,1,4-7,10,34H2/t12-/m0/s1. The molecule has 1 fully saturated rings. The minimum absolute atomic E-state index is 0.0191.